The lowest BCUT2D eigenvalue weighted by molar-refractivity contribution is -0.136. The third kappa shape index (κ3) is 2.45. The van der Waals surface area contributed by atoms with Crippen molar-refractivity contribution in [3.63, 3.8) is 0 Å². The minimum atomic E-state index is -1.00. The maximum Gasteiger partial charge on any atom is 0.303 e. The summed E-state index contributed by atoms with van der Waals surface area (Å²) >= 11 is 3.00. The van der Waals surface area contributed by atoms with Gasteiger partial charge in [0.05, 0.1) is 4.47 Å². The van der Waals surface area contributed by atoms with Crippen molar-refractivity contribution in [2.24, 2.45) is 0 Å². The van der Waals surface area contributed by atoms with E-state index in [1.165, 1.54) is 6.07 Å². The van der Waals surface area contributed by atoms with Crippen LogP contribution in [0, 0.1) is 5.82 Å². The zero-order valence-corrected chi connectivity index (χ0v) is 8.71. The highest BCUT2D eigenvalue weighted by molar-refractivity contribution is 9.10. The summed E-state index contributed by atoms with van der Waals surface area (Å²) in [5.41, 5.74) is 0.187. The SMILES string of the molecule is O=C(O)CCc1c(F)ccc(O)c1Br. The molecule has 1 aromatic rings. The number of phenolic OH excluding ortho intramolecular Hbond substituents is 1. The van der Waals surface area contributed by atoms with Crippen LogP contribution in [0.15, 0.2) is 16.6 Å². The maximum absolute atomic E-state index is 13.1. The summed E-state index contributed by atoms with van der Waals surface area (Å²) in [6, 6.07) is 2.32. The first-order valence-corrected chi connectivity index (χ1v) is 4.69. The van der Waals surface area contributed by atoms with Gasteiger partial charge in [-0.15, -0.1) is 0 Å². The smallest absolute Gasteiger partial charge is 0.303 e. The van der Waals surface area contributed by atoms with Crippen LogP contribution in [0.2, 0.25) is 0 Å². The van der Waals surface area contributed by atoms with Gasteiger partial charge in [-0.25, -0.2) is 4.39 Å². The van der Waals surface area contributed by atoms with Gasteiger partial charge >= 0.3 is 5.97 Å². The standard InChI is InChI=1S/C9H8BrFO3/c10-9-5(1-4-8(13)14)6(11)2-3-7(9)12/h2-3,12H,1,4H2,(H,13,14). The Morgan fingerprint density at radius 2 is 2.14 bits per heavy atom. The van der Waals surface area contributed by atoms with E-state index in [9.17, 15) is 14.3 Å². The van der Waals surface area contributed by atoms with Gasteiger partial charge in [-0.05, 0) is 34.5 Å². The molecular formula is C9H8BrFO3. The fourth-order valence-electron chi connectivity index (χ4n) is 1.05. The highest BCUT2D eigenvalue weighted by atomic mass is 79.9. The van der Waals surface area contributed by atoms with Crippen LogP contribution < -0.4 is 0 Å². The van der Waals surface area contributed by atoms with E-state index in [0.717, 1.165) is 6.07 Å². The zero-order chi connectivity index (χ0) is 10.7. The van der Waals surface area contributed by atoms with Crippen LogP contribution >= 0.6 is 15.9 Å². The molecule has 1 rings (SSSR count). The van der Waals surface area contributed by atoms with Crippen molar-refractivity contribution >= 4 is 21.9 Å². The minimum absolute atomic E-state index is 0.0517. The van der Waals surface area contributed by atoms with Crippen molar-refractivity contribution in [3.8, 4) is 5.75 Å². The lowest BCUT2D eigenvalue weighted by Gasteiger charge is -2.05. The largest absolute Gasteiger partial charge is 0.507 e. The van der Waals surface area contributed by atoms with E-state index in [-0.39, 0.29) is 28.6 Å². The van der Waals surface area contributed by atoms with Crippen molar-refractivity contribution in [1.82, 2.24) is 0 Å². The third-order valence-electron chi connectivity index (χ3n) is 1.75. The lowest BCUT2D eigenvalue weighted by Crippen LogP contribution is -2.00. The Kier molecular flexibility index (Phi) is 3.46. The summed E-state index contributed by atoms with van der Waals surface area (Å²) in [6.07, 6.45) is -0.116. The molecule has 0 amide bonds. The number of carboxylic acids is 1. The molecule has 0 bridgehead atoms. The molecule has 0 aliphatic rings. The van der Waals surface area contributed by atoms with Gasteiger partial charge < -0.3 is 10.2 Å². The number of carboxylic acid groups (broad SMARTS) is 1. The molecule has 76 valence electrons. The first kappa shape index (κ1) is 11.0. The Balaban J connectivity index is 2.95. The molecular weight excluding hydrogens is 255 g/mol. The molecule has 0 unspecified atom stereocenters. The molecule has 14 heavy (non-hydrogen) atoms. The molecule has 0 aromatic heterocycles. The Hall–Kier alpha value is -1.10. The third-order valence-corrected chi connectivity index (χ3v) is 2.64. The predicted octanol–water partition coefficient (Wildman–Crippen LogP) is 2.31. The average Bonchev–Trinajstić information content (AvgIpc) is 2.11. The number of rotatable bonds is 3. The van der Waals surface area contributed by atoms with Gasteiger partial charge in [-0.1, -0.05) is 0 Å². The first-order chi connectivity index (χ1) is 6.52. The summed E-state index contributed by atoms with van der Waals surface area (Å²) in [7, 11) is 0. The topological polar surface area (TPSA) is 57.5 Å². The van der Waals surface area contributed by atoms with Crippen molar-refractivity contribution in [1.29, 1.82) is 0 Å². The minimum Gasteiger partial charge on any atom is -0.507 e. The second-order valence-electron chi connectivity index (χ2n) is 2.75. The van der Waals surface area contributed by atoms with Crippen LogP contribution in [0.5, 0.6) is 5.75 Å². The molecule has 3 nitrogen and oxygen atoms in total. The normalized spacial score (nSPS) is 10.1. The molecule has 0 saturated carbocycles. The van der Waals surface area contributed by atoms with Gasteiger partial charge in [0.25, 0.3) is 0 Å². The van der Waals surface area contributed by atoms with Crippen molar-refractivity contribution in [2.45, 2.75) is 12.8 Å². The van der Waals surface area contributed by atoms with Crippen LogP contribution in [0.25, 0.3) is 0 Å². The van der Waals surface area contributed by atoms with E-state index in [1.807, 2.05) is 0 Å². The molecule has 2 N–H and O–H groups in total. The Labute approximate surface area is 88.3 Å². The van der Waals surface area contributed by atoms with Gasteiger partial charge in [0.2, 0.25) is 0 Å². The van der Waals surface area contributed by atoms with E-state index < -0.39 is 11.8 Å². The molecule has 0 aliphatic carbocycles. The molecule has 0 radical (unpaired) electrons. The van der Waals surface area contributed by atoms with Crippen LogP contribution in [0.3, 0.4) is 0 Å². The second-order valence-corrected chi connectivity index (χ2v) is 3.55. The lowest BCUT2D eigenvalue weighted by atomic mass is 10.1. The van der Waals surface area contributed by atoms with Crippen LogP contribution in [-0.4, -0.2) is 16.2 Å². The summed E-state index contributed by atoms with van der Waals surface area (Å²) in [5.74, 6) is -1.61. The van der Waals surface area contributed by atoms with Crippen molar-refractivity contribution in [2.75, 3.05) is 0 Å². The number of aliphatic carboxylic acids is 1. The van der Waals surface area contributed by atoms with E-state index in [2.05, 4.69) is 15.9 Å². The second kappa shape index (κ2) is 4.41. The fraction of sp³-hybridized carbons (Fsp3) is 0.222. The van der Waals surface area contributed by atoms with Crippen LogP contribution in [0.1, 0.15) is 12.0 Å². The summed E-state index contributed by atoms with van der Waals surface area (Å²) in [4.78, 5) is 10.3. The number of halogens is 2. The summed E-state index contributed by atoms with van der Waals surface area (Å²) in [5, 5.41) is 17.7. The summed E-state index contributed by atoms with van der Waals surface area (Å²) < 4.78 is 13.4. The zero-order valence-electron chi connectivity index (χ0n) is 7.13. The van der Waals surface area contributed by atoms with Crippen molar-refractivity contribution in [3.05, 3.63) is 28.0 Å². The van der Waals surface area contributed by atoms with Crippen LogP contribution in [-0.2, 0) is 11.2 Å². The number of benzene rings is 1. The summed E-state index contributed by atoms with van der Waals surface area (Å²) in [6.45, 7) is 0. The number of hydrogen-bond donors (Lipinski definition) is 2. The fourth-order valence-corrected chi connectivity index (χ4v) is 1.57. The highest BCUT2D eigenvalue weighted by Gasteiger charge is 2.11. The molecule has 0 atom stereocenters. The molecule has 0 saturated heterocycles. The molecule has 5 heteroatoms. The van der Waals surface area contributed by atoms with Crippen LogP contribution in [0.4, 0.5) is 4.39 Å². The van der Waals surface area contributed by atoms with E-state index >= 15 is 0 Å². The number of phenols is 1. The Morgan fingerprint density at radius 3 is 2.71 bits per heavy atom. The number of hydrogen-bond acceptors (Lipinski definition) is 2. The Bertz CT molecular complexity index is 365. The average molecular weight is 263 g/mol. The van der Waals surface area contributed by atoms with Gasteiger partial charge in [0, 0.05) is 12.0 Å². The van der Waals surface area contributed by atoms with Gasteiger partial charge in [-0.3, -0.25) is 4.79 Å². The molecule has 0 spiro atoms. The van der Waals surface area contributed by atoms with Gasteiger partial charge in [0.15, 0.2) is 0 Å². The van der Waals surface area contributed by atoms with E-state index in [4.69, 9.17) is 5.11 Å². The van der Waals surface area contributed by atoms with Gasteiger partial charge in [-0.2, -0.15) is 0 Å². The molecule has 1 aromatic carbocycles. The predicted molar refractivity (Wildman–Crippen MR) is 51.7 cm³/mol. The number of aromatic hydroxyl groups is 1. The monoisotopic (exact) mass is 262 g/mol. The van der Waals surface area contributed by atoms with Crippen molar-refractivity contribution < 1.29 is 19.4 Å². The Morgan fingerprint density at radius 1 is 1.50 bits per heavy atom. The quantitative estimate of drug-likeness (QED) is 0.879. The maximum atomic E-state index is 13.1. The molecule has 0 aliphatic heterocycles. The highest BCUT2D eigenvalue weighted by Crippen LogP contribution is 2.30. The molecule has 0 fully saturated rings. The number of carbonyl (C=O) groups is 1. The van der Waals surface area contributed by atoms with E-state index in [0.29, 0.717) is 0 Å². The molecule has 0 heterocycles. The van der Waals surface area contributed by atoms with E-state index in [1.54, 1.807) is 0 Å². The van der Waals surface area contributed by atoms with Gasteiger partial charge in [0.1, 0.15) is 11.6 Å². The first-order valence-electron chi connectivity index (χ1n) is 3.90.